The molecule has 0 radical (unpaired) electrons. The van der Waals surface area contributed by atoms with Crippen molar-refractivity contribution in [3.8, 4) is 0 Å². The van der Waals surface area contributed by atoms with E-state index in [4.69, 9.17) is 15.8 Å². The maximum absolute atomic E-state index is 8.83. The van der Waals surface area contributed by atoms with Crippen LogP contribution < -0.4 is 11.2 Å². The number of nitrogens with two attached hydrogens (primary N) is 1. The molecule has 3 nitrogen and oxygen atoms in total. The van der Waals surface area contributed by atoms with Crippen molar-refractivity contribution in [2.75, 3.05) is 5.73 Å². The zero-order valence-electron chi connectivity index (χ0n) is 6.28. The third-order valence-corrected chi connectivity index (χ3v) is 1.70. The SMILES string of the molecule is Cc1c(N)cccc1B(O)O. The summed E-state index contributed by atoms with van der Waals surface area (Å²) >= 11 is 0. The smallest absolute Gasteiger partial charge is 0.423 e. The first-order chi connectivity index (χ1) is 5.13. The van der Waals surface area contributed by atoms with E-state index in [1.807, 2.05) is 0 Å². The van der Waals surface area contributed by atoms with Gasteiger partial charge in [0.2, 0.25) is 0 Å². The lowest BCUT2D eigenvalue weighted by Gasteiger charge is -2.05. The summed E-state index contributed by atoms with van der Waals surface area (Å²) in [5.74, 6) is 0. The number of hydrogen-bond donors (Lipinski definition) is 3. The Hall–Kier alpha value is -0.995. The molecule has 4 N–H and O–H groups in total. The minimum absolute atomic E-state index is 0.463. The maximum atomic E-state index is 8.83. The highest BCUT2D eigenvalue weighted by atomic mass is 16.4. The van der Waals surface area contributed by atoms with Gasteiger partial charge in [-0.05, 0) is 24.0 Å². The van der Waals surface area contributed by atoms with Crippen LogP contribution in [0.1, 0.15) is 5.56 Å². The second-order valence-corrected chi connectivity index (χ2v) is 2.44. The van der Waals surface area contributed by atoms with Crippen LogP contribution in [-0.4, -0.2) is 17.2 Å². The highest BCUT2D eigenvalue weighted by Gasteiger charge is 2.13. The van der Waals surface area contributed by atoms with Crippen molar-refractivity contribution in [2.45, 2.75) is 6.92 Å². The van der Waals surface area contributed by atoms with Gasteiger partial charge in [-0.25, -0.2) is 0 Å². The third-order valence-electron chi connectivity index (χ3n) is 1.70. The Labute approximate surface area is 65.6 Å². The standard InChI is InChI=1S/C7H10BNO2/c1-5-6(8(10)11)3-2-4-7(5)9/h2-4,10-11H,9H2,1H3. The van der Waals surface area contributed by atoms with Gasteiger partial charge in [-0.15, -0.1) is 0 Å². The van der Waals surface area contributed by atoms with Gasteiger partial charge < -0.3 is 15.8 Å². The molecule has 0 aliphatic carbocycles. The van der Waals surface area contributed by atoms with Gasteiger partial charge in [-0.3, -0.25) is 0 Å². The van der Waals surface area contributed by atoms with E-state index in [9.17, 15) is 0 Å². The molecule has 4 heteroatoms. The molecule has 0 aliphatic rings. The molecule has 0 spiro atoms. The lowest BCUT2D eigenvalue weighted by Crippen LogP contribution is -2.32. The molecule has 0 fully saturated rings. The molecule has 0 atom stereocenters. The summed E-state index contributed by atoms with van der Waals surface area (Å²) in [7, 11) is -1.43. The Morgan fingerprint density at radius 1 is 1.36 bits per heavy atom. The van der Waals surface area contributed by atoms with Crippen molar-refractivity contribution in [3.63, 3.8) is 0 Å². The predicted octanol–water partition coefficient (Wildman–Crippen LogP) is -0.743. The highest BCUT2D eigenvalue weighted by molar-refractivity contribution is 6.59. The van der Waals surface area contributed by atoms with Crippen molar-refractivity contribution >= 4 is 18.3 Å². The van der Waals surface area contributed by atoms with Crippen LogP contribution in [0, 0.1) is 6.92 Å². The summed E-state index contributed by atoms with van der Waals surface area (Å²) in [6.07, 6.45) is 0. The van der Waals surface area contributed by atoms with Crippen molar-refractivity contribution in [3.05, 3.63) is 23.8 Å². The van der Waals surface area contributed by atoms with E-state index in [1.54, 1.807) is 25.1 Å². The maximum Gasteiger partial charge on any atom is 0.488 e. The zero-order valence-corrected chi connectivity index (χ0v) is 6.28. The van der Waals surface area contributed by atoms with E-state index in [0.717, 1.165) is 5.56 Å². The molecule has 0 aromatic heterocycles. The molecule has 0 amide bonds. The fraction of sp³-hybridized carbons (Fsp3) is 0.143. The summed E-state index contributed by atoms with van der Waals surface area (Å²) < 4.78 is 0. The van der Waals surface area contributed by atoms with Crippen LogP contribution in [0.5, 0.6) is 0 Å². The average molecular weight is 151 g/mol. The summed E-state index contributed by atoms with van der Waals surface area (Å²) in [6, 6.07) is 5.05. The molecular weight excluding hydrogens is 141 g/mol. The Kier molecular flexibility index (Phi) is 2.17. The van der Waals surface area contributed by atoms with Gasteiger partial charge >= 0.3 is 7.12 Å². The van der Waals surface area contributed by atoms with Crippen LogP contribution in [-0.2, 0) is 0 Å². The molecule has 0 saturated carbocycles. The molecule has 1 rings (SSSR count). The van der Waals surface area contributed by atoms with E-state index in [2.05, 4.69) is 0 Å². The summed E-state index contributed by atoms with van der Waals surface area (Å²) in [6.45, 7) is 1.75. The van der Waals surface area contributed by atoms with E-state index in [-0.39, 0.29) is 0 Å². The third kappa shape index (κ3) is 1.53. The Morgan fingerprint density at radius 3 is 2.45 bits per heavy atom. The first-order valence-corrected chi connectivity index (χ1v) is 3.34. The first-order valence-electron chi connectivity index (χ1n) is 3.34. The monoisotopic (exact) mass is 151 g/mol. The van der Waals surface area contributed by atoms with E-state index in [0.29, 0.717) is 11.2 Å². The molecule has 58 valence electrons. The highest BCUT2D eigenvalue weighted by Crippen LogP contribution is 2.05. The van der Waals surface area contributed by atoms with Crippen molar-refractivity contribution in [2.24, 2.45) is 0 Å². The largest absolute Gasteiger partial charge is 0.488 e. The minimum Gasteiger partial charge on any atom is -0.423 e. The van der Waals surface area contributed by atoms with Gasteiger partial charge in [0.25, 0.3) is 0 Å². The van der Waals surface area contributed by atoms with Crippen molar-refractivity contribution in [1.29, 1.82) is 0 Å². The van der Waals surface area contributed by atoms with Gasteiger partial charge in [0.1, 0.15) is 0 Å². The van der Waals surface area contributed by atoms with Crippen LogP contribution in [0.2, 0.25) is 0 Å². The number of rotatable bonds is 1. The molecular formula is C7H10BNO2. The quantitative estimate of drug-likeness (QED) is 0.365. The Bertz CT molecular complexity index is 263. The summed E-state index contributed by atoms with van der Waals surface area (Å²) in [5.41, 5.74) is 7.30. The lowest BCUT2D eigenvalue weighted by molar-refractivity contribution is 0.425. The molecule has 1 aromatic carbocycles. The molecule has 0 bridgehead atoms. The lowest BCUT2D eigenvalue weighted by atomic mass is 9.77. The fourth-order valence-corrected chi connectivity index (χ4v) is 0.952. The van der Waals surface area contributed by atoms with E-state index < -0.39 is 7.12 Å². The molecule has 0 heterocycles. The van der Waals surface area contributed by atoms with Gasteiger partial charge in [0.05, 0.1) is 0 Å². The minimum atomic E-state index is -1.43. The van der Waals surface area contributed by atoms with Crippen LogP contribution in [0.3, 0.4) is 0 Å². The normalized spacial score (nSPS) is 9.73. The van der Waals surface area contributed by atoms with E-state index in [1.165, 1.54) is 0 Å². The van der Waals surface area contributed by atoms with Crippen molar-refractivity contribution < 1.29 is 10.0 Å². The number of nitrogen functional groups attached to an aromatic ring is 1. The van der Waals surface area contributed by atoms with Gasteiger partial charge in [-0.2, -0.15) is 0 Å². The van der Waals surface area contributed by atoms with Crippen LogP contribution in [0.25, 0.3) is 0 Å². The fourth-order valence-electron chi connectivity index (χ4n) is 0.952. The van der Waals surface area contributed by atoms with Crippen LogP contribution in [0.15, 0.2) is 18.2 Å². The van der Waals surface area contributed by atoms with Crippen molar-refractivity contribution in [1.82, 2.24) is 0 Å². The van der Waals surface area contributed by atoms with Gasteiger partial charge in [0.15, 0.2) is 0 Å². The molecule has 0 unspecified atom stereocenters. The molecule has 1 aromatic rings. The van der Waals surface area contributed by atoms with Gasteiger partial charge in [-0.1, -0.05) is 12.1 Å². The van der Waals surface area contributed by atoms with Crippen LogP contribution >= 0.6 is 0 Å². The summed E-state index contributed by atoms with van der Waals surface area (Å²) in [5, 5.41) is 17.7. The second-order valence-electron chi connectivity index (χ2n) is 2.44. The van der Waals surface area contributed by atoms with E-state index >= 15 is 0 Å². The Morgan fingerprint density at radius 2 is 2.00 bits per heavy atom. The zero-order chi connectivity index (χ0) is 8.43. The second kappa shape index (κ2) is 2.94. The molecule has 0 aliphatic heterocycles. The first kappa shape index (κ1) is 8.10. The number of benzene rings is 1. The topological polar surface area (TPSA) is 66.5 Å². The average Bonchev–Trinajstić information content (AvgIpc) is 1.94. The molecule has 0 saturated heterocycles. The van der Waals surface area contributed by atoms with Crippen LogP contribution in [0.4, 0.5) is 5.69 Å². The summed E-state index contributed by atoms with van der Waals surface area (Å²) in [4.78, 5) is 0. The Balaban J connectivity index is 3.17. The number of anilines is 1. The molecule has 11 heavy (non-hydrogen) atoms. The number of hydrogen-bond acceptors (Lipinski definition) is 3. The van der Waals surface area contributed by atoms with Gasteiger partial charge in [0, 0.05) is 5.69 Å². The predicted molar refractivity (Wildman–Crippen MR) is 45.4 cm³/mol.